The third-order valence-corrected chi connectivity index (χ3v) is 2.97. The Morgan fingerprint density at radius 3 is 2.58 bits per heavy atom. The molecular weight excluding hydrogens is 246 g/mol. The smallest absolute Gasteiger partial charge is 0.344 e. The van der Waals surface area contributed by atoms with Crippen molar-refractivity contribution in [1.29, 1.82) is 0 Å². The monoisotopic (exact) mass is 257 g/mol. The van der Waals surface area contributed by atoms with Crippen molar-refractivity contribution in [3.05, 3.63) is 40.9 Å². The van der Waals surface area contributed by atoms with Gasteiger partial charge in [0.2, 0.25) is 0 Å². The molecule has 0 aliphatic carbocycles. The summed E-state index contributed by atoms with van der Waals surface area (Å²) >= 11 is 0. The first-order valence-corrected chi connectivity index (χ1v) is 5.67. The van der Waals surface area contributed by atoms with Crippen LogP contribution in [0.3, 0.4) is 0 Å². The summed E-state index contributed by atoms with van der Waals surface area (Å²) < 4.78 is 15.4. The summed E-state index contributed by atoms with van der Waals surface area (Å²) in [6.07, 6.45) is 1.59. The fraction of sp³-hybridized carbons (Fsp3) is 0.143. The molecule has 3 aromatic rings. The van der Waals surface area contributed by atoms with Crippen LogP contribution in [0.1, 0.15) is 0 Å². The van der Waals surface area contributed by atoms with Crippen molar-refractivity contribution >= 4 is 21.9 Å². The van der Waals surface area contributed by atoms with Crippen molar-refractivity contribution in [3.8, 4) is 11.5 Å². The predicted octanol–water partition coefficient (Wildman–Crippen LogP) is 2.36. The summed E-state index contributed by atoms with van der Waals surface area (Å²) in [5, 5.41) is 1.18. The molecule has 19 heavy (non-hydrogen) atoms. The first-order valence-electron chi connectivity index (χ1n) is 5.67. The molecule has 0 aliphatic heterocycles. The number of nitrogens with zero attached hydrogens (tertiary/aromatic N) is 1. The minimum atomic E-state index is -0.420. The first kappa shape index (κ1) is 11.5. The van der Waals surface area contributed by atoms with Crippen molar-refractivity contribution in [2.45, 2.75) is 0 Å². The summed E-state index contributed by atoms with van der Waals surface area (Å²) in [5.41, 5.74) is 0.608. The molecule has 1 aromatic carbocycles. The number of ether oxygens (including phenoxy) is 2. The Balaban J connectivity index is 2.43. The van der Waals surface area contributed by atoms with Gasteiger partial charge in [0, 0.05) is 11.5 Å². The van der Waals surface area contributed by atoms with E-state index in [0.717, 1.165) is 5.39 Å². The normalized spacial score (nSPS) is 10.8. The molecule has 0 N–H and O–H groups in total. The summed E-state index contributed by atoms with van der Waals surface area (Å²) in [5.74, 6) is 1.15. The van der Waals surface area contributed by atoms with Gasteiger partial charge in [-0.05, 0) is 18.2 Å². The molecule has 0 fully saturated rings. The molecule has 0 amide bonds. The molecule has 0 aliphatic rings. The zero-order chi connectivity index (χ0) is 13.4. The number of aromatic nitrogens is 1. The summed E-state index contributed by atoms with van der Waals surface area (Å²) in [7, 11) is 3.08. The standard InChI is InChI=1S/C14H11NO4/c1-17-8-3-4-10-11(5-8)14(16)19-12-6-9(18-2)7-15-13(10)12/h3-7H,1-2H3. The Kier molecular flexibility index (Phi) is 2.59. The van der Waals surface area contributed by atoms with E-state index in [1.165, 1.54) is 7.11 Å². The highest BCUT2D eigenvalue weighted by atomic mass is 16.5. The second-order valence-corrected chi connectivity index (χ2v) is 4.02. The largest absolute Gasteiger partial charge is 0.497 e. The van der Waals surface area contributed by atoms with E-state index >= 15 is 0 Å². The molecule has 3 rings (SSSR count). The summed E-state index contributed by atoms with van der Waals surface area (Å²) in [4.78, 5) is 16.2. The van der Waals surface area contributed by atoms with E-state index < -0.39 is 5.63 Å². The number of rotatable bonds is 2. The van der Waals surface area contributed by atoms with E-state index in [1.807, 2.05) is 0 Å². The number of fused-ring (bicyclic) bond motifs is 3. The highest BCUT2D eigenvalue weighted by molar-refractivity contribution is 6.02. The minimum Gasteiger partial charge on any atom is -0.497 e. The van der Waals surface area contributed by atoms with Crippen molar-refractivity contribution in [3.63, 3.8) is 0 Å². The van der Waals surface area contributed by atoms with Crippen LogP contribution in [0.5, 0.6) is 11.5 Å². The van der Waals surface area contributed by atoms with Crippen LogP contribution in [0.15, 0.2) is 39.7 Å². The van der Waals surface area contributed by atoms with Crippen LogP contribution in [0.4, 0.5) is 0 Å². The molecule has 0 saturated heterocycles. The molecule has 2 aromatic heterocycles. The molecule has 0 unspecified atom stereocenters. The molecule has 5 nitrogen and oxygen atoms in total. The van der Waals surface area contributed by atoms with Gasteiger partial charge in [-0.3, -0.25) is 0 Å². The lowest BCUT2D eigenvalue weighted by Crippen LogP contribution is -2.01. The lowest BCUT2D eigenvalue weighted by molar-refractivity contribution is 0.412. The molecule has 5 heteroatoms. The van der Waals surface area contributed by atoms with Gasteiger partial charge in [-0.1, -0.05) is 0 Å². The van der Waals surface area contributed by atoms with Crippen LogP contribution >= 0.6 is 0 Å². The fourth-order valence-corrected chi connectivity index (χ4v) is 2.00. The summed E-state index contributed by atoms with van der Waals surface area (Å²) in [6.45, 7) is 0. The Morgan fingerprint density at radius 2 is 1.84 bits per heavy atom. The number of hydrogen-bond donors (Lipinski definition) is 0. The zero-order valence-electron chi connectivity index (χ0n) is 10.5. The maximum atomic E-state index is 12.0. The molecule has 0 atom stereocenters. The van der Waals surface area contributed by atoms with Crippen LogP contribution in [0.25, 0.3) is 21.9 Å². The van der Waals surface area contributed by atoms with E-state index in [2.05, 4.69) is 4.98 Å². The second-order valence-electron chi connectivity index (χ2n) is 4.02. The number of hydrogen-bond acceptors (Lipinski definition) is 5. The maximum absolute atomic E-state index is 12.0. The number of methoxy groups -OCH3 is 2. The highest BCUT2D eigenvalue weighted by Crippen LogP contribution is 2.26. The quantitative estimate of drug-likeness (QED) is 0.659. The third kappa shape index (κ3) is 1.79. The lowest BCUT2D eigenvalue weighted by atomic mass is 10.1. The predicted molar refractivity (Wildman–Crippen MR) is 70.9 cm³/mol. The Morgan fingerprint density at radius 1 is 1.05 bits per heavy atom. The zero-order valence-corrected chi connectivity index (χ0v) is 10.5. The second kappa shape index (κ2) is 4.28. The Bertz CT molecular complexity index is 823. The first-order chi connectivity index (χ1) is 9.22. The highest BCUT2D eigenvalue weighted by Gasteiger charge is 2.10. The van der Waals surface area contributed by atoms with Gasteiger partial charge in [0.15, 0.2) is 5.58 Å². The van der Waals surface area contributed by atoms with E-state index in [-0.39, 0.29) is 0 Å². The van der Waals surface area contributed by atoms with Gasteiger partial charge in [-0.15, -0.1) is 0 Å². The topological polar surface area (TPSA) is 61.6 Å². The third-order valence-electron chi connectivity index (χ3n) is 2.97. The Hall–Kier alpha value is -2.56. The molecular formula is C14H11NO4. The molecule has 96 valence electrons. The van der Waals surface area contributed by atoms with Gasteiger partial charge >= 0.3 is 5.63 Å². The van der Waals surface area contributed by atoms with Crippen molar-refractivity contribution in [1.82, 2.24) is 4.98 Å². The molecule has 0 radical (unpaired) electrons. The molecule has 0 saturated carbocycles. The number of pyridine rings is 1. The van der Waals surface area contributed by atoms with Crippen LogP contribution in [0.2, 0.25) is 0 Å². The van der Waals surface area contributed by atoms with Gasteiger partial charge in [0.05, 0.1) is 25.8 Å². The Labute approximate surface area is 108 Å². The molecule has 0 bridgehead atoms. The number of benzene rings is 1. The molecule has 2 heterocycles. The average molecular weight is 257 g/mol. The average Bonchev–Trinajstić information content (AvgIpc) is 2.46. The van der Waals surface area contributed by atoms with E-state index in [0.29, 0.717) is 28.0 Å². The van der Waals surface area contributed by atoms with Crippen LogP contribution in [0, 0.1) is 0 Å². The van der Waals surface area contributed by atoms with Crippen LogP contribution < -0.4 is 15.1 Å². The van der Waals surface area contributed by atoms with Gasteiger partial charge in [-0.25, -0.2) is 9.78 Å². The van der Waals surface area contributed by atoms with Gasteiger partial charge in [0.1, 0.15) is 17.0 Å². The molecule has 0 spiro atoms. The maximum Gasteiger partial charge on any atom is 0.344 e. The van der Waals surface area contributed by atoms with Crippen LogP contribution in [-0.2, 0) is 0 Å². The fourth-order valence-electron chi connectivity index (χ4n) is 2.00. The van der Waals surface area contributed by atoms with Gasteiger partial charge in [-0.2, -0.15) is 0 Å². The lowest BCUT2D eigenvalue weighted by Gasteiger charge is -2.05. The summed E-state index contributed by atoms with van der Waals surface area (Å²) in [6, 6.07) is 6.87. The van der Waals surface area contributed by atoms with Gasteiger partial charge in [0.25, 0.3) is 0 Å². The minimum absolute atomic E-state index is 0.405. The van der Waals surface area contributed by atoms with E-state index in [9.17, 15) is 4.79 Å². The SMILES string of the molecule is COc1cnc2c(c1)oc(=O)c1cc(OC)ccc12. The van der Waals surface area contributed by atoms with E-state index in [4.69, 9.17) is 13.9 Å². The van der Waals surface area contributed by atoms with E-state index in [1.54, 1.807) is 37.6 Å². The van der Waals surface area contributed by atoms with Crippen molar-refractivity contribution in [2.75, 3.05) is 14.2 Å². The van der Waals surface area contributed by atoms with Gasteiger partial charge < -0.3 is 13.9 Å². The van der Waals surface area contributed by atoms with Crippen LogP contribution in [-0.4, -0.2) is 19.2 Å². The van der Waals surface area contributed by atoms with Crippen molar-refractivity contribution in [2.24, 2.45) is 0 Å². The van der Waals surface area contributed by atoms with Crippen molar-refractivity contribution < 1.29 is 13.9 Å².